The molecule has 2 aliphatic carbocycles. The van der Waals surface area contributed by atoms with Crippen molar-refractivity contribution in [3.63, 3.8) is 0 Å². The molecule has 0 aromatic rings. The summed E-state index contributed by atoms with van der Waals surface area (Å²) in [5, 5.41) is 0. The fourth-order valence-electron chi connectivity index (χ4n) is 4.06. The Kier molecular flexibility index (Phi) is 4.15. The van der Waals surface area contributed by atoms with Crippen molar-refractivity contribution in [1.29, 1.82) is 0 Å². The second-order valence-electron chi connectivity index (χ2n) is 7.38. The van der Waals surface area contributed by atoms with Crippen molar-refractivity contribution in [2.24, 2.45) is 11.8 Å². The largest absolute Gasteiger partial charge is 0.0693 e. The third kappa shape index (κ3) is 3.12. The van der Waals surface area contributed by atoms with Crippen LogP contribution in [0.15, 0.2) is 0 Å². The van der Waals surface area contributed by atoms with Crippen molar-refractivity contribution in [1.82, 2.24) is 0 Å². The summed E-state index contributed by atoms with van der Waals surface area (Å²) < 4.78 is 0. The van der Waals surface area contributed by atoms with E-state index in [1.807, 2.05) is 0 Å². The smallest absolute Gasteiger partial charge is 0.0473 e. The first-order valence-corrected chi connectivity index (χ1v) is 11.1. The van der Waals surface area contributed by atoms with Gasteiger partial charge in [0.2, 0.25) is 0 Å². The van der Waals surface area contributed by atoms with E-state index in [0.717, 1.165) is 17.4 Å². The van der Waals surface area contributed by atoms with Gasteiger partial charge >= 0.3 is 0 Å². The zero-order valence-corrected chi connectivity index (χ0v) is 12.6. The molecule has 2 aliphatic rings. The van der Waals surface area contributed by atoms with Crippen LogP contribution in [-0.2, 0) is 0 Å². The summed E-state index contributed by atoms with van der Waals surface area (Å²) >= 11 is 0. The Morgan fingerprint density at radius 1 is 0.625 bits per heavy atom. The summed E-state index contributed by atoms with van der Waals surface area (Å²) in [7, 11) is -0.835. The fourth-order valence-corrected chi connectivity index (χ4v) is 6.13. The van der Waals surface area contributed by atoms with Gasteiger partial charge in [0.15, 0.2) is 0 Å². The van der Waals surface area contributed by atoms with Crippen molar-refractivity contribution in [3.8, 4) is 0 Å². The third-order valence-electron chi connectivity index (χ3n) is 5.31. The van der Waals surface area contributed by atoms with Crippen LogP contribution in [0.3, 0.4) is 0 Å². The molecule has 1 heteroatoms. The molecule has 0 aromatic carbocycles. The van der Waals surface area contributed by atoms with Crippen LogP contribution in [0.1, 0.15) is 57.8 Å². The third-order valence-corrected chi connectivity index (χ3v) is 8.34. The average molecular weight is 238 g/mol. The van der Waals surface area contributed by atoms with Gasteiger partial charge in [-0.3, -0.25) is 0 Å². The van der Waals surface area contributed by atoms with Gasteiger partial charge in [0.05, 0.1) is 0 Å². The molecule has 2 saturated carbocycles. The topological polar surface area (TPSA) is 0 Å². The standard InChI is InChI=1S/C15H30Si/c1-16(2,3)15-11-9-14(10-12-15)13-7-5-4-6-8-13/h13-15H,4-12H2,1-3H3. The van der Waals surface area contributed by atoms with Gasteiger partial charge in [-0.25, -0.2) is 0 Å². The van der Waals surface area contributed by atoms with Crippen LogP contribution >= 0.6 is 0 Å². The molecule has 0 spiro atoms. The van der Waals surface area contributed by atoms with E-state index in [-0.39, 0.29) is 0 Å². The normalized spacial score (nSPS) is 33.9. The van der Waals surface area contributed by atoms with Crippen LogP contribution in [0.2, 0.25) is 25.2 Å². The monoisotopic (exact) mass is 238 g/mol. The molecule has 0 N–H and O–H groups in total. The van der Waals surface area contributed by atoms with Gasteiger partial charge in [-0.2, -0.15) is 0 Å². The van der Waals surface area contributed by atoms with E-state index in [1.165, 1.54) is 19.3 Å². The first kappa shape index (κ1) is 12.7. The van der Waals surface area contributed by atoms with Crippen molar-refractivity contribution in [3.05, 3.63) is 0 Å². The predicted octanol–water partition coefficient (Wildman–Crippen LogP) is 5.47. The Morgan fingerprint density at radius 3 is 1.62 bits per heavy atom. The maximum absolute atomic E-state index is 2.57. The van der Waals surface area contributed by atoms with E-state index in [9.17, 15) is 0 Å². The van der Waals surface area contributed by atoms with Crippen molar-refractivity contribution in [2.45, 2.75) is 83.0 Å². The lowest BCUT2D eigenvalue weighted by atomic mass is 9.73. The van der Waals surface area contributed by atoms with E-state index in [1.54, 1.807) is 38.5 Å². The molecule has 0 amide bonds. The SMILES string of the molecule is C[Si](C)(C)C1CCC(C2CCCCC2)CC1. The molecular formula is C15H30Si. The van der Waals surface area contributed by atoms with E-state index < -0.39 is 8.07 Å². The van der Waals surface area contributed by atoms with Crippen LogP contribution in [-0.4, -0.2) is 8.07 Å². The maximum Gasteiger partial charge on any atom is 0.0473 e. The summed E-state index contributed by atoms with van der Waals surface area (Å²) in [6, 6.07) is 0. The molecule has 0 bridgehead atoms. The minimum Gasteiger partial charge on any atom is -0.0693 e. The zero-order chi connectivity index (χ0) is 11.6. The van der Waals surface area contributed by atoms with Gasteiger partial charge in [0.1, 0.15) is 0 Å². The highest BCUT2D eigenvalue weighted by molar-refractivity contribution is 6.77. The molecule has 0 aliphatic heterocycles. The van der Waals surface area contributed by atoms with E-state index >= 15 is 0 Å². The van der Waals surface area contributed by atoms with Crippen LogP contribution in [0, 0.1) is 11.8 Å². The summed E-state index contributed by atoms with van der Waals surface area (Å²) in [6.45, 7) is 7.70. The summed E-state index contributed by atoms with van der Waals surface area (Å²) in [4.78, 5) is 0. The molecule has 2 rings (SSSR count). The van der Waals surface area contributed by atoms with Crippen molar-refractivity contribution in [2.75, 3.05) is 0 Å². The molecule has 0 nitrogen and oxygen atoms in total. The van der Waals surface area contributed by atoms with Gasteiger partial charge in [-0.15, -0.1) is 0 Å². The lowest BCUT2D eigenvalue weighted by Gasteiger charge is -2.39. The summed E-state index contributed by atoms with van der Waals surface area (Å²) in [5.41, 5.74) is 1.13. The Hall–Kier alpha value is 0.217. The highest BCUT2D eigenvalue weighted by Gasteiger charge is 2.33. The van der Waals surface area contributed by atoms with E-state index in [0.29, 0.717) is 0 Å². The Bertz CT molecular complexity index is 202. The van der Waals surface area contributed by atoms with Crippen molar-refractivity contribution >= 4 is 8.07 Å². The molecule has 0 saturated heterocycles. The fraction of sp³-hybridized carbons (Fsp3) is 1.00. The predicted molar refractivity (Wildman–Crippen MR) is 75.6 cm³/mol. The zero-order valence-electron chi connectivity index (χ0n) is 11.6. The molecular weight excluding hydrogens is 208 g/mol. The molecule has 0 heterocycles. The van der Waals surface area contributed by atoms with Crippen LogP contribution in [0.5, 0.6) is 0 Å². The number of hydrogen-bond donors (Lipinski definition) is 0. The number of rotatable bonds is 2. The van der Waals surface area contributed by atoms with Crippen LogP contribution in [0.25, 0.3) is 0 Å². The summed E-state index contributed by atoms with van der Waals surface area (Å²) in [5.74, 6) is 2.24. The van der Waals surface area contributed by atoms with E-state index in [2.05, 4.69) is 19.6 Å². The molecule has 16 heavy (non-hydrogen) atoms. The highest BCUT2D eigenvalue weighted by atomic mass is 28.3. The second-order valence-corrected chi connectivity index (χ2v) is 12.9. The lowest BCUT2D eigenvalue weighted by Crippen LogP contribution is -2.33. The van der Waals surface area contributed by atoms with Gasteiger partial charge in [0.25, 0.3) is 0 Å². The first-order chi connectivity index (χ1) is 7.57. The molecule has 2 fully saturated rings. The van der Waals surface area contributed by atoms with Crippen LogP contribution < -0.4 is 0 Å². The van der Waals surface area contributed by atoms with Gasteiger partial charge < -0.3 is 0 Å². The van der Waals surface area contributed by atoms with Crippen LogP contribution in [0.4, 0.5) is 0 Å². The molecule has 0 aromatic heterocycles. The first-order valence-electron chi connectivity index (χ1n) is 7.57. The average Bonchev–Trinajstić information content (AvgIpc) is 2.29. The Labute approximate surface area is 103 Å². The van der Waals surface area contributed by atoms with E-state index in [4.69, 9.17) is 0 Å². The second kappa shape index (κ2) is 5.24. The molecule has 0 unspecified atom stereocenters. The Morgan fingerprint density at radius 2 is 1.12 bits per heavy atom. The van der Waals surface area contributed by atoms with Gasteiger partial charge in [-0.05, 0) is 17.4 Å². The minimum atomic E-state index is -0.835. The minimum absolute atomic E-state index is 0.835. The van der Waals surface area contributed by atoms with Crippen molar-refractivity contribution < 1.29 is 0 Å². The summed E-state index contributed by atoms with van der Waals surface area (Å²) in [6.07, 6.45) is 14.0. The maximum atomic E-state index is 2.57. The van der Waals surface area contributed by atoms with Gasteiger partial charge in [-0.1, -0.05) is 77.4 Å². The molecule has 0 radical (unpaired) electrons. The lowest BCUT2D eigenvalue weighted by molar-refractivity contribution is 0.195. The highest BCUT2D eigenvalue weighted by Crippen LogP contribution is 2.44. The molecule has 0 atom stereocenters. The quantitative estimate of drug-likeness (QED) is 0.560. The number of hydrogen-bond acceptors (Lipinski definition) is 0. The van der Waals surface area contributed by atoms with Gasteiger partial charge in [0, 0.05) is 8.07 Å². The Balaban J connectivity index is 1.80. The molecule has 94 valence electrons.